The second-order valence-electron chi connectivity index (χ2n) is 6.79. The fraction of sp³-hybridized carbons (Fsp3) is 0.174. The van der Waals surface area contributed by atoms with Crippen LogP contribution in [-0.2, 0) is 17.8 Å². The Kier molecular flexibility index (Phi) is 4.54. The molecule has 0 saturated heterocycles. The number of carbonyl (C=O) groups excluding carboxylic acids is 1. The van der Waals surface area contributed by atoms with Crippen LogP contribution < -0.4 is 9.64 Å². The van der Waals surface area contributed by atoms with Gasteiger partial charge in [-0.05, 0) is 30.2 Å². The zero-order valence-electron chi connectivity index (χ0n) is 15.8. The minimum absolute atomic E-state index is 0.00435. The van der Waals surface area contributed by atoms with E-state index in [1.165, 1.54) is 0 Å². The smallest absolute Gasteiger partial charge is 0.233 e. The predicted octanol–water partition coefficient (Wildman–Crippen LogP) is 4.71. The fourth-order valence-electron chi connectivity index (χ4n) is 3.51. The number of nitrogens with zero attached hydrogens (tertiary/aromatic N) is 3. The Hall–Kier alpha value is -3.65. The third-order valence-corrected chi connectivity index (χ3v) is 4.97. The number of rotatable bonds is 4. The molecule has 0 aliphatic carbocycles. The molecule has 4 rings (SSSR count). The summed E-state index contributed by atoms with van der Waals surface area (Å²) in [5.74, 6) is 0.770. The van der Waals surface area contributed by atoms with Gasteiger partial charge in [-0.15, -0.1) is 0 Å². The van der Waals surface area contributed by atoms with Gasteiger partial charge in [-0.3, -0.25) is 9.78 Å². The molecule has 0 unspecified atom stereocenters. The highest BCUT2D eigenvalue weighted by Gasteiger charge is 2.29. The zero-order chi connectivity index (χ0) is 19.7. The van der Waals surface area contributed by atoms with Crippen LogP contribution in [0.5, 0.6) is 5.75 Å². The predicted molar refractivity (Wildman–Crippen MR) is 109 cm³/mol. The molecule has 0 N–H and O–H groups in total. The minimum Gasteiger partial charge on any atom is -0.496 e. The van der Waals surface area contributed by atoms with Crippen molar-refractivity contribution in [1.29, 1.82) is 0 Å². The van der Waals surface area contributed by atoms with Gasteiger partial charge >= 0.3 is 0 Å². The number of anilines is 1. The molecule has 0 radical (unpaired) electrons. The van der Waals surface area contributed by atoms with E-state index in [4.69, 9.17) is 11.3 Å². The van der Waals surface area contributed by atoms with E-state index in [0.29, 0.717) is 12.2 Å². The van der Waals surface area contributed by atoms with E-state index in [1.807, 2.05) is 49.4 Å². The van der Waals surface area contributed by atoms with Gasteiger partial charge in [0.1, 0.15) is 5.75 Å². The Labute approximate surface area is 164 Å². The van der Waals surface area contributed by atoms with E-state index in [2.05, 4.69) is 9.83 Å². The SMILES string of the molecule is [C-]#[N+]c1ccccc1CN1C(=O)Cc2ncc(-c3ccc(C)cc3OC)cc21. The number of hydrogen-bond donors (Lipinski definition) is 0. The van der Waals surface area contributed by atoms with Crippen molar-refractivity contribution < 1.29 is 9.53 Å². The van der Waals surface area contributed by atoms with Gasteiger partial charge in [0.05, 0.1) is 31.5 Å². The van der Waals surface area contributed by atoms with Crippen LogP contribution in [0.15, 0.2) is 54.7 Å². The number of amides is 1. The minimum atomic E-state index is -0.00435. The topological polar surface area (TPSA) is 46.8 Å². The normalized spacial score (nSPS) is 12.6. The summed E-state index contributed by atoms with van der Waals surface area (Å²) in [5.41, 5.74) is 5.90. The van der Waals surface area contributed by atoms with Crippen molar-refractivity contribution in [3.63, 3.8) is 0 Å². The molecule has 0 saturated carbocycles. The van der Waals surface area contributed by atoms with Crippen molar-refractivity contribution in [1.82, 2.24) is 4.98 Å². The quantitative estimate of drug-likeness (QED) is 0.626. The Morgan fingerprint density at radius 3 is 2.82 bits per heavy atom. The maximum atomic E-state index is 12.6. The average molecular weight is 369 g/mol. The second kappa shape index (κ2) is 7.16. The number of aromatic nitrogens is 1. The van der Waals surface area contributed by atoms with Gasteiger partial charge in [0.25, 0.3) is 0 Å². The third kappa shape index (κ3) is 3.10. The van der Waals surface area contributed by atoms with Crippen molar-refractivity contribution in [2.75, 3.05) is 12.0 Å². The number of aryl methyl sites for hydroxylation is 1. The summed E-state index contributed by atoms with van der Waals surface area (Å²) in [5, 5.41) is 0. The molecule has 2 heterocycles. The van der Waals surface area contributed by atoms with Crippen LogP contribution in [0.2, 0.25) is 0 Å². The zero-order valence-corrected chi connectivity index (χ0v) is 15.8. The number of benzene rings is 2. The van der Waals surface area contributed by atoms with E-state index in [1.54, 1.807) is 24.3 Å². The lowest BCUT2D eigenvalue weighted by Gasteiger charge is -2.19. The number of ether oxygens (including phenoxy) is 1. The van der Waals surface area contributed by atoms with E-state index >= 15 is 0 Å². The maximum absolute atomic E-state index is 12.6. The van der Waals surface area contributed by atoms with Crippen LogP contribution >= 0.6 is 0 Å². The summed E-state index contributed by atoms with van der Waals surface area (Å²) in [6, 6.07) is 15.4. The first-order valence-corrected chi connectivity index (χ1v) is 9.00. The largest absolute Gasteiger partial charge is 0.496 e. The molecular weight excluding hydrogens is 350 g/mol. The Balaban J connectivity index is 1.75. The fourth-order valence-corrected chi connectivity index (χ4v) is 3.51. The molecule has 0 atom stereocenters. The highest BCUT2D eigenvalue weighted by Crippen LogP contribution is 2.37. The van der Waals surface area contributed by atoms with Gasteiger partial charge in [0, 0.05) is 23.9 Å². The number of para-hydroxylation sites is 1. The number of methoxy groups -OCH3 is 1. The molecule has 5 heteroatoms. The summed E-state index contributed by atoms with van der Waals surface area (Å²) in [4.78, 5) is 22.5. The standard InChI is InChI=1S/C23H19N3O2/c1-15-8-9-18(22(10-15)28-3)17-11-21-20(25-13-17)12-23(27)26(21)14-16-6-4-5-7-19(16)24-2/h4-11,13H,12,14H2,1,3H3. The summed E-state index contributed by atoms with van der Waals surface area (Å²) in [6.07, 6.45) is 2.07. The van der Waals surface area contributed by atoms with E-state index in [0.717, 1.165) is 39.4 Å². The first kappa shape index (κ1) is 17.7. The van der Waals surface area contributed by atoms with Gasteiger partial charge in [0.15, 0.2) is 5.69 Å². The molecule has 5 nitrogen and oxygen atoms in total. The van der Waals surface area contributed by atoms with Crippen molar-refractivity contribution in [2.45, 2.75) is 19.9 Å². The van der Waals surface area contributed by atoms with Gasteiger partial charge in [-0.1, -0.05) is 36.4 Å². The Morgan fingerprint density at radius 1 is 1.21 bits per heavy atom. The van der Waals surface area contributed by atoms with E-state index < -0.39 is 0 Å². The van der Waals surface area contributed by atoms with Crippen LogP contribution in [0.25, 0.3) is 16.0 Å². The highest BCUT2D eigenvalue weighted by molar-refractivity contribution is 6.01. The first-order valence-electron chi connectivity index (χ1n) is 9.00. The van der Waals surface area contributed by atoms with Crippen molar-refractivity contribution in [3.05, 3.63) is 83.0 Å². The van der Waals surface area contributed by atoms with Crippen LogP contribution in [-0.4, -0.2) is 18.0 Å². The summed E-state index contributed by atoms with van der Waals surface area (Å²) in [6.45, 7) is 9.74. The van der Waals surface area contributed by atoms with Gasteiger partial charge in [-0.2, -0.15) is 0 Å². The first-order chi connectivity index (χ1) is 13.6. The third-order valence-electron chi connectivity index (χ3n) is 4.97. The summed E-state index contributed by atoms with van der Waals surface area (Å²) >= 11 is 0. The lowest BCUT2D eigenvalue weighted by molar-refractivity contribution is -0.117. The molecule has 1 aliphatic heterocycles. The monoisotopic (exact) mass is 369 g/mol. The molecule has 1 aliphatic rings. The van der Waals surface area contributed by atoms with Gasteiger partial charge in [0.2, 0.25) is 5.91 Å². The van der Waals surface area contributed by atoms with Gasteiger partial charge < -0.3 is 9.64 Å². The van der Waals surface area contributed by atoms with Crippen LogP contribution in [0.1, 0.15) is 16.8 Å². The summed E-state index contributed by atoms with van der Waals surface area (Å²) in [7, 11) is 1.65. The number of carbonyl (C=O) groups is 1. The lowest BCUT2D eigenvalue weighted by Crippen LogP contribution is -2.26. The van der Waals surface area contributed by atoms with Crippen LogP contribution in [0, 0.1) is 13.5 Å². The molecule has 0 fully saturated rings. The lowest BCUT2D eigenvalue weighted by atomic mass is 10.0. The highest BCUT2D eigenvalue weighted by atomic mass is 16.5. The Bertz CT molecular complexity index is 1120. The van der Waals surface area contributed by atoms with Crippen molar-refractivity contribution in [3.8, 4) is 16.9 Å². The molecule has 28 heavy (non-hydrogen) atoms. The molecule has 0 spiro atoms. The molecule has 2 aromatic carbocycles. The number of fused-ring (bicyclic) bond motifs is 1. The van der Waals surface area contributed by atoms with Crippen molar-refractivity contribution >= 4 is 17.3 Å². The average Bonchev–Trinajstić information content (AvgIpc) is 3.02. The van der Waals surface area contributed by atoms with Gasteiger partial charge in [-0.25, -0.2) is 4.85 Å². The molecule has 1 aromatic heterocycles. The van der Waals surface area contributed by atoms with Crippen LogP contribution in [0.4, 0.5) is 11.4 Å². The van der Waals surface area contributed by atoms with Crippen molar-refractivity contribution in [2.24, 2.45) is 0 Å². The summed E-state index contributed by atoms with van der Waals surface area (Å²) < 4.78 is 5.53. The number of pyridine rings is 1. The van der Waals surface area contributed by atoms with E-state index in [9.17, 15) is 4.79 Å². The molecule has 138 valence electrons. The van der Waals surface area contributed by atoms with Crippen LogP contribution in [0.3, 0.4) is 0 Å². The Morgan fingerprint density at radius 2 is 2.04 bits per heavy atom. The number of hydrogen-bond acceptors (Lipinski definition) is 3. The molecular formula is C23H19N3O2. The molecule has 3 aromatic rings. The molecule has 1 amide bonds. The second-order valence-corrected chi connectivity index (χ2v) is 6.79. The van der Waals surface area contributed by atoms with E-state index in [-0.39, 0.29) is 12.3 Å². The maximum Gasteiger partial charge on any atom is 0.233 e. The molecule has 0 bridgehead atoms.